The van der Waals surface area contributed by atoms with E-state index in [4.69, 9.17) is 14.0 Å². The van der Waals surface area contributed by atoms with Crippen LogP contribution < -0.4 is 15.4 Å². The Morgan fingerprint density at radius 3 is 2.85 bits per heavy atom. The number of aromatic nitrogens is 2. The molecule has 0 aromatic carbocycles. The zero-order valence-corrected chi connectivity index (χ0v) is 14.8. The number of carbonyl (C=O) groups is 1. The Balaban J connectivity index is 1.42. The molecule has 0 spiro atoms. The Kier molecular flexibility index (Phi) is 4.50. The second-order valence-corrected chi connectivity index (χ2v) is 6.70. The molecule has 0 bridgehead atoms. The summed E-state index contributed by atoms with van der Waals surface area (Å²) < 4.78 is 16.3. The summed E-state index contributed by atoms with van der Waals surface area (Å²) in [7, 11) is 1.57. The quantitative estimate of drug-likeness (QED) is 0.853. The van der Waals surface area contributed by atoms with E-state index in [0.717, 1.165) is 30.6 Å². The van der Waals surface area contributed by atoms with Crippen molar-refractivity contribution in [2.45, 2.75) is 44.2 Å². The average Bonchev–Trinajstić information content (AvgIpc) is 3.29. The van der Waals surface area contributed by atoms with Gasteiger partial charge >= 0.3 is 6.03 Å². The largest absolute Gasteiger partial charge is 0.481 e. The summed E-state index contributed by atoms with van der Waals surface area (Å²) in [5.74, 6) is 1.69. The predicted octanol–water partition coefficient (Wildman–Crippen LogP) is 2.92. The van der Waals surface area contributed by atoms with Crippen molar-refractivity contribution in [2.24, 2.45) is 0 Å². The lowest BCUT2D eigenvalue weighted by molar-refractivity contribution is 0.100. The SMILES string of the molecule is COc1ccc([C@@H]2OCC[C@H]2NC(=O)Nc2c(C)noc2C2CC2)cn1. The molecule has 8 nitrogen and oxygen atoms in total. The third-order valence-corrected chi connectivity index (χ3v) is 4.78. The summed E-state index contributed by atoms with van der Waals surface area (Å²) in [5, 5.41) is 9.88. The van der Waals surface area contributed by atoms with Crippen LogP contribution in [0.4, 0.5) is 10.5 Å². The highest BCUT2D eigenvalue weighted by Crippen LogP contribution is 2.44. The van der Waals surface area contributed by atoms with Crippen LogP contribution in [0.15, 0.2) is 22.9 Å². The topological polar surface area (TPSA) is 98.5 Å². The highest BCUT2D eigenvalue weighted by molar-refractivity contribution is 5.90. The van der Waals surface area contributed by atoms with Gasteiger partial charge in [0, 0.05) is 30.4 Å². The first kappa shape index (κ1) is 16.8. The lowest BCUT2D eigenvalue weighted by Gasteiger charge is -2.20. The molecule has 0 radical (unpaired) electrons. The minimum Gasteiger partial charge on any atom is -0.481 e. The summed E-state index contributed by atoms with van der Waals surface area (Å²) in [6, 6.07) is 3.29. The number of anilines is 1. The fraction of sp³-hybridized carbons (Fsp3) is 0.500. The second-order valence-electron chi connectivity index (χ2n) is 6.70. The van der Waals surface area contributed by atoms with Gasteiger partial charge in [0.05, 0.1) is 13.2 Å². The Hall–Kier alpha value is -2.61. The van der Waals surface area contributed by atoms with E-state index in [1.807, 2.05) is 13.0 Å². The fourth-order valence-corrected chi connectivity index (χ4v) is 3.23. The third kappa shape index (κ3) is 3.37. The van der Waals surface area contributed by atoms with Crippen LogP contribution in [0.25, 0.3) is 0 Å². The molecule has 1 aliphatic carbocycles. The first-order chi connectivity index (χ1) is 12.7. The van der Waals surface area contributed by atoms with Gasteiger partial charge in [-0.1, -0.05) is 5.16 Å². The lowest BCUT2D eigenvalue weighted by atomic mass is 10.0. The van der Waals surface area contributed by atoms with E-state index in [1.54, 1.807) is 19.4 Å². The lowest BCUT2D eigenvalue weighted by Crippen LogP contribution is -2.39. The molecular formula is C18H22N4O4. The zero-order chi connectivity index (χ0) is 18.1. The number of methoxy groups -OCH3 is 1. The number of amides is 2. The van der Waals surface area contributed by atoms with E-state index in [-0.39, 0.29) is 18.2 Å². The molecule has 2 amide bonds. The van der Waals surface area contributed by atoms with Gasteiger partial charge in [0.1, 0.15) is 17.5 Å². The standard InChI is InChI=1S/C18H22N4O4/c1-10-15(17(26-22-10)11-3-4-11)21-18(23)20-13-7-8-25-16(13)12-5-6-14(24-2)19-9-12/h5-6,9,11,13,16H,3-4,7-8H2,1-2H3,(H2,20,21,23)/t13-,16+/m1/s1. The fourth-order valence-electron chi connectivity index (χ4n) is 3.23. The monoisotopic (exact) mass is 358 g/mol. The van der Waals surface area contributed by atoms with E-state index in [9.17, 15) is 4.79 Å². The maximum absolute atomic E-state index is 12.5. The number of urea groups is 1. The molecule has 2 aromatic heterocycles. The molecule has 138 valence electrons. The first-order valence-corrected chi connectivity index (χ1v) is 8.81. The Labute approximate surface area is 151 Å². The minimum atomic E-state index is -0.278. The van der Waals surface area contributed by atoms with Gasteiger partial charge in [-0.25, -0.2) is 9.78 Å². The third-order valence-electron chi connectivity index (χ3n) is 4.78. The van der Waals surface area contributed by atoms with Gasteiger partial charge in [0.15, 0.2) is 5.76 Å². The van der Waals surface area contributed by atoms with Gasteiger partial charge in [0.25, 0.3) is 0 Å². The highest BCUT2D eigenvalue weighted by Gasteiger charge is 2.34. The van der Waals surface area contributed by atoms with Crippen LogP contribution in [0, 0.1) is 6.92 Å². The van der Waals surface area contributed by atoms with Crippen molar-refractivity contribution in [1.29, 1.82) is 0 Å². The second kappa shape index (κ2) is 6.95. The Morgan fingerprint density at radius 2 is 2.15 bits per heavy atom. The molecule has 1 aliphatic heterocycles. The zero-order valence-electron chi connectivity index (χ0n) is 14.8. The molecule has 1 saturated carbocycles. The van der Waals surface area contributed by atoms with E-state index >= 15 is 0 Å². The van der Waals surface area contributed by atoms with E-state index in [1.165, 1.54) is 0 Å². The van der Waals surface area contributed by atoms with Gasteiger partial charge in [-0.2, -0.15) is 0 Å². The van der Waals surface area contributed by atoms with Crippen LogP contribution in [0.3, 0.4) is 0 Å². The molecule has 2 atom stereocenters. The summed E-state index contributed by atoms with van der Waals surface area (Å²) in [6.45, 7) is 2.41. The number of hydrogen-bond donors (Lipinski definition) is 2. The number of carbonyl (C=O) groups excluding carboxylic acids is 1. The maximum atomic E-state index is 12.5. The summed E-state index contributed by atoms with van der Waals surface area (Å²) in [5.41, 5.74) is 2.29. The molecule has 2 aliphatic rings. The highest BCUT2D eigenvalue weighted by atomic mass is 16.5. The number of nitrogens with one attached hydrogen (secondary N) is 2. The number of rotatable bonds is 5. The average molecular weight is 358 g/mol. The normalized spacial score (nSPS) is 22.2. The molecule has 3 heterocycles. The van der Waals surface area contributed by atoms with Gasteiger partial charge in [-0.05, 0) is 32.3 Å². The molecule has 4 rings (SSSR count). The van der Waals surface area contributed by atoms with Crippen LogP contribution in [0.5, 0.6) is 5.88 Å². The Bertz CT molecular complexity index is 785. The predicted molar refractivity (Wildman–Crippen MR) is 93.3 cm³/mol. The molecule has 0 unspecified atom stereocenters. The van der Waals surface area contributed by atoms with Crippen molar-refractivity contribution in [2.75, 3.05) is 19.0 Å². The van der Waals surface area contributed by atoms with Crippen LogP contribution in [0.2, 0.25) is 0 Å². The smallest absolute Gasteiger partial charge is 0.319 e. The van der Waals surface area contributed by atoms with Crippen LogP contribution in [-0.4, -0.2) is 35.9 Å². The van der Waals surface area contributed by atoms with Crippen molar-refractivity contribution >= 4 is 11.7 Å². The van der Waals surface area contributed by atoms with Crippen molar-refractivity contribution < 1.29 is 18.8 Å². The number of aryl methyl sites for hydroxylation is 1. The van der Waals surface area contributed by atoms with Crippen molar-refractivity contribution in [1.82, 2.24) is 15.5 Å². The molecule has 8 heteroatoms. The number of hydrogen-bond acceptors (Lipinski definition) is 6. The summed E-state index contributed by atoms with van der Waals surface area (Å²) in [4.78, 5) is 16.7. The van der Waals surface area contributed by atoms with Gasteiger partial charge < -0.3 is 24.6 Å². The van der Waals surface area contributed by atoms with Crippen LogP contribution in [0.1, 0.15) is 48.3 Å². The van der Waals surface area contributed by atoms with Gasteiger partial charge in [-0.3, -0.25) is 0 Å². The van der Waals surface area contributed by atoms with Gasteiger partial charge in [0.2, 0.25) is 5.88 Å². The number of ether oxygens (including phenoxy) is 2. The summed E-state index contributed by atoms with van der Waals surface area (Å²) in [6.07, 6.45) is 4.38. The van der Waals surface area contributed by atoms with Crippen LogP contribution >= 0.6 is 0 Å². The van der Waals surface area contributed by atoms with E-state index in [2.05, 4.69) is 20.8 Å². The molecule has 2 fully saturated rings. The number of nitrogens with zero attached hydrogens (tertiary/aromatic N) is 2. The Morgan fingerprint density at radius 1 is 1.31 bits per heavy atom. The van der Waals surface area contributed by atoms with Gasteiger partial charge in [-0.15, -0.1) is 0 Å². The van der Waals surface area contributed by atoms with Crippen LogP contribution in [-0.2, 0) is 4.74 Å². The molecular weight excluding hydrogens is 336 g/mol. The molecule has 26 heavy (non-hydrogen) atoms. The maximum Gasteiger partial charge on any atom is 0.319 e. The summed E-state index contributed by atoms with van der Waals surface area (Å²) >= 11 is 0. The van der Waals surface area contributed by atoms with Crippen molar-refractivity contribution in [3.05, 3.63) is 35.3 Å². The molecule has 1 saturated heterocycles. The van der Waals surface area contributed by atoms with E-state index in [0.29, 0.717) is 29.8 Å². The van der Waals surface area contributed by atoms with Crippen molar-refractivity contribution in [3.8, 4) is 5.88 Å². The minimum absolute atomic E-state index is 0.130. The van der Waals surface area contributed by atoms with Crippen molar-refractivity contribution in [3.63, 3.8) is 0 Å². The first-order valence-electron chi connectivity index (χ1n) is 8.81. The molecule has 2 N–H and O–H groups in total. The molecule has 2 aromatic rings. The van der Waals surface area contributed by atoms with E-state index < -0.39 is 0 Å². The number of pyridine rings is 1.